The molecule has 0 bridgehead atoms. The average molecular weight is 268 g/mol. The van der Waals surface area contributed by atoms with Crippen molar-refractivity contribution >= 4 is 17.5 Å². The van der Waals surface area contributed by atoms with E-state index in [1.165, 1.54) is 0 Å². The van der Waals surface area contributed by atoms with Gasteiger partial charge in [0.05, 0.1) is 12.0 Å². The number of hydrogen-bond acceptors (Lipinski definition) is 2. The van der Waals surface area contributed by atoms with Crippen LogP contribution in [0.5, 0.6) is 0 Å². The summed E-state index contributed by atoms with van der Waals surface area (Å²) in [5.74, 6) is 0.270. The van der Waals surface area contributed by atoms with Crippen LogP contribution >= 0.6 is 11.6 Å². The fourth-order valence-electron chi connectivity index (χ4n) is 1.98. The lowest BCUT2D eigenvalue weighted by atomic mass is 10.0. The third-order valence-electron chi connectivity index (χ3n) is 3.38. The number of carbonyl (C=O) groups excluding carboxylic acids is 1. The molecule has 1 unspecified atom stereocenters. The maximum Gasteiger partial charge on any atom is 0.224 e. The Morgan fingerprint density at radius 1 is 1.44 bits per heavy atom. The Morgan fingerprint density at radius 2 is 2.06 bits per heavy atom. The highest BCUT2D eigenvalue weighted by Crippen LogP contribution is 2.38. The largest absolute Gasteiger partial charge is 0.388 e. The summed E-state index contributed by atoms with van der Waals surface area (Å²) in [7, 11) is 0. The molecule has 1 fully saturated rings. The van der Waals surface area contributed by atoms with E-state index in [-0.39, 0.29) is 5.91 Å². The van der Waals surface area contributed by atoms with Crippen LogP contribution in [0.4, 0.5) is 0 Å². The Balaban J connectivity index is 1.80. The molecule has 0 radical (unpaired) electrons. The summed E-state index contributed by atoms with van der Waals surface area (Å²) in [4.78, 5) is 11.7. The summed E-state index contributed by atoms with van der Waals surface area (Å²) in [5, 5.41) is 13.5. The number of amides is 1. The Hall–Kier alpha value is -1.06. The first-order chi connectivity index (χ1) is 8.47. The molecule has 3 nitrogen and oxygen atoms in total. The van der Waals surface area contributed by atoms with Crippen molar-refractivity contribution in [2.24, 2.45) is 5.92 Å². The molecule has 1 aromatic carbocycles. The third-order valence-corrected chi connectivity index (χ3v) is 3.63. The number of benzene rings is 1. The Bertz CT molecular complexity index is 424. The molecule has 18 heavy (non-hydrogen) atoms. The minimum atomic E-state index is -0.768. The van der Waals surface area contributed by atoms with E-state index < -0.39 is 5.60 Å². The van der Waals surface area contributed by atoms with Crippen LogP contribution in [0.2, 0.25) is 5.02 Å². The number of hydrogen-bond donors (Lipinski definition) is 2. The van der Waals surface area contributed by atoms with Crippen LogP contribution in [0.1, 0.15) is 25.3 Å². The van der Waals surface area contributed by atoms with E-state index in [4.69, 9.17) is 11.6 Å². The number of aliphatic hydroxyl groups is 1. The van der Waals surface area contributed by atoms with Gasteiger partial charge in [0.25, 0.3) is 0 Å². The fraction of sp³-hybridized carbons (Fsp3) is 0.500. The molecule has 0 spiro atoms. The van der Waals surface area contributed by atoms with Crippen LogP contribution in [-0.4, -0.2) is 23.2 Å². The van der Waals surface area contributed by atoms with Crippen molar-refractivity contribution in [2.75, 3.05) is 6.54 Å². The fourth-order valence-corrected chi connectivity index (χ4v) is 2.10. The van der Waals surface area contributed by atoms with Gasteiger partial charge in [-0.15, -0.1) is 0 Å². The van der Waals surface area contributed by atoms with Gasteiger partial charge in [-0.25, -0.2) is 0 Å². The molecule has 1 atom stereocenters. The maximum absolute atomic E-state index is 11.7. The first-order valence-corrected chi connectivity index (χ1v) is 6.59. The summed E-state index contributed by atoms with van der Waals surface area (Å²) in [6.45, 7) is 2.11. The molecular formula is C14H18ClNO2. The van der Waals surface area contributed by atoms with Crippen molar-refractivity contribution in [1.82, 2.24) is 5.32 Å². The maximum atomic E-state index is 11.7. The van der Waals surface area contributed by atoms with Crippen LogP contribution in [0.15, 0.2) is 24.3 Å². The SMILES string of the molecule is CC(O)(CNC(=O)Cc1ccc(Cl)cc1)C1CC1. The van der Waals surface area contributed by atoms with E-state index in [1.807, 2.05) is 12.1 Å². The van der Waals surface area contributed by atoms with E-state index in [0.717, 1.165) is 18.4 Å². The standard InChI is InChI=1S/C14H18ClNO2/c1-14(18,11-4-5-11)9-16-13(17)8-10-2-6-12(15)7-3-10/h2-3,6-7,11,18H,4-5,8-9H2,1H3,(H,16,17). The highest BCUT2D eigenvalue weighted by atomic mass is 35.5. The van der Waals surface area contributed by atoms with Gasteiger partial charge in [0.2, 0.25) is 5.91 Å². The summed E-state index contributed by atoms with van der Waals surface area (Å²) in [6, 6.07) is 7.21. The van der Waals surface area contributed by atoms with E-state index in [9.17, 15) is 9.90 Å². The first-order valence-electron chi connectivity index (χ1n) is 6.21. The van der Waals surface area contributed by atoms with Crippen LogP contribution in [-0.2, 0) is 11.2 Å². The van der Waals surface area contributed by atoms with Gasteiger partial charge in [0.1, 0.15) is 0 Å². The predicted molar refractivity (Wildman–Crippen MR) is 71.5 cm³/mol. The molecule has 1 aliphatic carbocycles. The minimum Gasteiger partial charge on any atom is -0.388 e. The molecule has 4 heteroatoms. The highest BCUT2D eigenvalue weighted by molar-refractivity contribution is 6.30. The number of carbonyl (C=O) groups is 1. The van der Waals surface area contributed by atoms with Gasteiger partial charge >= 0.3 is 0 Å². The van der Waals surface area contributed by atoms with Gasteiger partial charge in [-0.2, -0.15) is 0 Å². The summed E-state index contributed by atoms with van der Waals surface area (Å²) in [6.07, 6.45) is 2.43. The van der Waals surface area contributed by atoms with Crippen molar-refractivity contribution in [3.63, 3.8) is 0 Å². The van der Waals surface area contributed by atoms with Crippen molar-refractivity contribution in [2.45, 2.75) is 31.8 Å². The molecule has 0 saturated heterocycles. The lowest BCUT2D eigenvalue weighted by molar-refractivity contribution is -0.121. The summed E-state index contributed by atoms with van der Waals surface area (Å²) < 4.78 is 0. The predicted octanol–water partition coefficient (Wildman–Crippen LogP) is 2.16. The summed E-state index contributed by atoms with van der Waals surface area (Å²) >= 11 is 5.78. The zero-order chi connectivity index (χ0) is 13.2. The zero-order valence-corrected chi connectivity index (χ0v) is 11.2. The number of nitrogens with one attached hydrogen (secondary N) is 1. The van der Waals surface area contributed by atoms with Gasteiger partial charge in [0, 0.05) is 11.6 Å². The smallest absolute Gasteiger partial charge is 0.224 e. The van der Waals surface area contributed by atoms with Crippen LogP contribution < -0.4 is 5.32 Å². The minimum absolute atomic E-state index is 0.0711. The highest BCUT2D eigenvalue weighted by Gasteiger charge is 2.39. The van der Waals surface area contributed by atoms with E-state index in [2.05, 4.69) is 5.32 Å². The van der Waals surface area contributed by atoms with Gasteiger partial charge < -0.3 is 10.4 Å². The third kappa shape index (κ3) is 3.72. The molecule has 1 aromatic rings. The molecule has 98 valence electrons. The number of halogens is 1. The van der Waals surface area contributed by atoms with Crippen molar-refractivity contribution < 1.29 is 9.90 Å². The van der Waals surface area contributed by atoms with Crippen molar-refractivity contribution in [3.05, 3.63) is 34.9 Å². The molecule has 0 aromatic heterocycles. The van der Waals surface area contributed by atoms with Crippen LogP contribution in [0.25, 0.3) is 0 Å². The molecular weight excluding hydrogens is 250 g/mol. The van der Waals surface area contributed by atoms with E-state index >= 15 is 0 Å². The van der Waals surface area contributed by atoms with Crippen molar-refractivity contribution in [1.29, 1.82) is 0 Å². The average Bonchev–Trinajstić information content (AvgIpc) is 3.14. The molecule has 1 aliphatic rings. The van der Waals surface area contributed by atoms with E-state index in [0.29, 0.717) is 23.9 Å². The topological polar surface area (TPSA) is 49.3 Å². The van der Waals surface area contributed by atoms with Gasteiger partial charge in [-0.1, -0.05) is 23.7 Å². The number of rotatable bonds is 5. The molecule has 0 aliphatic heterocycles. The second-order valence-electron chi connectivity index (χ2n) is 5.21. The molecule has 0 heterocycles. The molecule has 2 rings (SSSR count). The normalized spacial score (nSPS) is 18.2. The lowest BCUT2D eigenvalue weighted by Gasteiger charge is -2.23. The van der Waals surface area contributed by atoms with Gasteiger partial charge in [0.15, 0.2) is 0 Å². The monoisotopic (exact) mass is 267 g/mol. The zero-order valence-electron chi connectivity index (χ0n) is 10.4. The quantitative estimate of drug-likeness (QED) is 0.859. The van der Waals surface area contributed by atoms with E-state index in [1.54, 1.807) is 19.1 Å². The van der Waals surface area contributed by atoms with Crippen molar-refractivity contribution in [3.8, 4) is 0 Å². The van der Waals surface area contributed by atoms with Gasteiger partial charge in [-0.05, 0) is 43.4 Å². The second-order valence-corrected chi connectivity index (χ2v) is 5.65. The second kappa shape index (κ2) is 5.29. The molecule has 1 amide bonds. The molecule has 1 saturated carbocycles. The summed E-state index contributed by atoms with van der Waals surface area (Å²) in [5.41, 5.74) is 0.151. The first kappa shape index (κ1) is 13.4. The van der Waals surface area contributed by atoms with Crippen LogP contribution in [0.3, 0.4) is 0 Å². The Morgan fingerprint density at radius 3 is 2.61 bits per heavy atom. The Labute approximate surface area is 112 Å². The lowest BCUT2D eigenvalue weighted by Crippen LogP contribution is -2.42. The Kier molecular flexibility index (Phi) is 3.93. The molecule has 2 N–H and O–H groups in total. The van der Waals surface area contributed by atoms with Gasteiger partial charge in [-0.3, -0.25) is 4.79 Å². The van der Waals surface area contributed by atoms with Crippen LogP contribution in [0, 0.1) is 5.92 Å².